The minimum atomic E-state index is -0.682. The summed E-state index contributed by atoms with van der Waals surface area (Å²) in [6, 6.07) is 5.36. The first-order valence-corrected chi connectivity index (χ1v) is 8.87. The van der Waals surface area contributed by atoms with Crippen molar-refractivity contribution in [3.05, 3.63) is 61.4 Å². The van der Waals surface area contributed by atoms with Gasteiger partial charge in [0.1, 0.15) is 5.69 Å². The molecule has 1 aliphatic heterocycles. The molecule has 28 heavy (non-hydrogen) atoms. The molecule has 0 bridgehead atoms. The molecule has 0 saturated carbocycles. The minimum Gasteiger partial charge on any atom is -0.376 e. The summed E-state index contributed by atoms with van der Waals surface area (Å²) in [4.78, 5) is 20.6. The minimum absolute atomic E-state index is 0.0833. The number of nitrogens with zero attached hydrogens (tertiary/aromatic N) is 4. The third-order valence-corrected chi connectivity index (χ3v) is 4.80. The van der Waals surface area contributed by atoms with E-state index in [1.807, 2.05) is 19.9 Å². The number of nitro benzene ring substituents is 2. The van der Waals surface area contributed by atoms with Gasteiger partial charge in [-0.3, -0.25) is 25.7 Å². The topological polar surface area (TPSA) is 125 Å². The van der Waals surface area contributed by atoms with Gasteiger partial charge in [-0.1, -0.05) is 0 Å². The van der Waals surface area contributed by atoms with Gasteiger partial charge in [0.2, 0.25) is 0 Å². The summed E-state index contributed by atoms with van der Waals surface area (Å²) in [5.74, 6) is 0. The van der Waals surface area contributed by atoms with Crippen LogP contribution in [0, 0.1) is 34.1 Å². The van der Waals surface area contributed by atoms with Crippen LogP contribution in [0.25, 0.3) is 0 Å². The van der Waals surface area contributed by atoms with Crippen LogP contribution in [0.5, 0.6) is 0 Å². The summed E-state index contributed by atoms with van der Waals surface area (Å²) in [6.45, 7) is 5.58. The molecule has 10 heteroatoms. The summed E-state index contributed by atoms with van der Waals surface area (Å²) < 4.78 is 7.87. The van der Waals surface area contributed by atoms with Crippen LogP contribution in [0.3, 0.4) is 0 Å². The zero-order valence-electron chi connectivity index (χ0n) is 15.6. The van der Waals surface area contributed by atoms with E-state index in [-0.39, 0.29) is 17.5 Å². The van der Waals surface area contributed by atoms with Gasteiger partial charge in [0, 0.05) is 36.2 Å². The fraction of sp³-hybridized carbons (Fsp3) is 0.389. The Kier molecular flexibility index (Phi) is 5.69. The van der Waals surface area contributed by atoms with Crippen LogP contribution in [0.4, 0.5) is 17.1 Å². The Labute approximate surface area is 161 Å². The third-order valence-electron chi connectivity index (χ3n) is 4.80. The van der Waals surface area contributed by atoms with Crippen molar-refractivity contribution < 1.29 is 14.6 Å². The molecule has 10 nitrogen and oxygen atoms in total. The molecule has 0 unspecified atom stereocenters. The van der Waals surface area contributed by atoms with E-state index in [0.29, 0.717) is 0 Å². The quantitative estimate of drug-likeness (QED) is 0.440. The number of benzene rings is 1. The predicted molar refractivity (Wildman–Crippen MR) is 104 cm³/mol. The number of hydrazone groups is 1. The molecule has 148 valence electrons. The van der Waals surface area contributed by atoms with Crippen LogP contribution in [0.15, 0.2) is 29.4 Å². The lowest BCUT2D eigenvalue weighted by molar-refractivity contribution is -0.393. The Morgan fingerprint density at radius 3 is 2.71 bits per heavy atom. The van der Waals surface area contributed by atoms with E-state index in [1.54, 1.807) is 6.21 Å². The number of ether oxygens (including phenoxy) is 1. The van der Waals surface area contributed by atoms with Gasteiger partial charge in [0.15, 0.2) is 0 Å². The van der Waals surface area contributed by atoms with Crippen LogP contribution >= 0.6 is 0 Å². The van der Waals surface area contributed by atoms with Gasteiger partial charge in [-0.25, -0.2) is 0 Å². The summed E-state index contributed by atoms with van der Waals surface area (Å²) in [7, 11) is 0. The lowest BCUT2D eigenvalue weighted by Crippen LogP contribution is -2.16. The van der Waals surface area contributed by atoms with Crippen LogP contribution in [-0.4, -0.2) is 33.3 Å². The highest BCUT2D eigenvalue weighted by atomic mass is 16.6. The summed E-state index contributed by atoms with van der Waals surface area (Å²) >= 11 is 0. The Morgan fingerprint density at radius 2 is 2.07 bits per heavy atom. The molecule has 0 radical (unpaired) electrons. The molecule has 1 aliphatic rings. The zero-order chi connectivity index (χ0) is 20.3. The number of hydrogen-bond acceptors (Lipinski definition) is 7. The summed E-state index contributed by atoms with van der Waals surface area (Å²) in [5, 5.41) is 26.1. The summed E-state index contributed by atoms with van der Waals surface area (Å²) in [6.07, 6.45) is 3.93. The maximum atomic E-state index is 11.2. The van der Waals surface area contributed by atoms with Crippen molar-refractivity contribution in [1.29, 1.82) is 0 Å². The molecule has 0 amide bonds. The number of aromatic nitrogens is 1. The van der Waals surface area contributed by atoms with Crippen molar-refractivity contribution >= 4 is 23.3 Å². The highest BCUT2D eigenvalue weighted by Crippen LogP contribution is 2.29. The number of hydrogen-bond donors (Lipinski definition) is 1. The van der Waals surface area contributed by atoms with Gasteiger partial charge < -0.3 is 9.30 Å². The summed E-state index contributed by atoms with van der Waals surface area (Å²) in [5.41, 5.74) is 4.92. The molecule has 0 spiro atoms. The van der Waals surface area contributed by atoms with Crippen molar-refractivity contribution in [1.82, 2.24) is 4.57 Å². The molecule has 1 N–H and O–H groups in total. The molecule has 1 saturated heterocycles. The van der Waals surface area contributed by atoms with Crippen molar-refractivity contribution in [2.24, 2.45) is 5.10 Å². The molecule has 2 heterocycles. The van der Waals surface area contributed by atoms with Crippen molar-refractivity contribution in [2.75, 3.05) is 12.0 Å². The monoisotopic (exact) mass is 387 g/mol. The van der Waals surface area contributed by atoms with Crippen LogP contribution in [0.1, 0.15) is 29.8 Å². The Morgan fingerprint density at radius 1 is 1.29 bits per heavy atom. The molecular formula is C18H21N5O5. The second-order valence-electron chi connectivity index (χ2n) is 6.66. The fourth-order valence-electron chi connectivity index (χ4n) is 3.28. The number of aryl methyl sites for hydroxylation is 1. The molecule has 0 aliphatic carbocycles. The number of rotatable bonds is 7. The average molecular weight is 387 g/mol. The van der Waals surface area contributed by atoms with E-state index < -0.39 is 15.5 Å². The first kappa shape index (κ1) is 19.5. The van der Waals surface area contributed by atoms with E-state index in [1.165, 1.54) is 12.1 Å². The van der Waals surface area contributed by atoms with Gasteiger partial charge in [-0.15, -0.1) is 0 Å². The fourth-order valence-corrected chi connectivity index (χ4v) is 3.28. The molecule has 1 aromatic carbocycles. The van der Waals surface area contributed by atoms with Crippen LogP contribution in [0.2, 0.25) is 0 Å². The van der Waals surface area contributed by atoms with Crippen LogP contribution in [-0.2, 0) is 11.3 Å². The van der Waals surface area contributed by atoms with Crippen molar-refractivity contribution in [3.63, 3.8) is 0 Å². The second-order valence-corrected chi connectivity index (χ2v) is 6.66. The Bertz CT molecular complexity index is 931. The number of non-ortho nitro benzene ring substituents is 1. The maximum absolute atomic E-state index is 11.2. The first-order chi connectivity index (χ1) is 13.4. The van der Waals surface area contributed by atoms with E-state index in [9.17, 15) is 20.2 Å². The Balaban J connectivity index is 1.76. The largest absolute Gasteiger partial charge is 0.376 e. The van der Waals surface area contributed by atoms with Gasteiger partial charge in [-0.05, 0) is 38.8 Å². The lowest BCUT2D eigenvalue weighted by Gasteiger charge is -2.14. The number of nitro groups is 2. The normalized spacial score (nSPS) is 16.6. The Hall–Kier alpha value is -3.27. The SMILES string of the molecule is Cc1cc(/C=N\Nc2ccc([N+](=O)[O-])cc2[N+](=O)[O-])c(C)n1C[C@@H]1CCCO1. The number of anilines is 1. The van der Waals surface area contributed by atoms with E-state index in [2.05, 4.69) is 15.1 Å². The van der Waals surface area contributed by atoms with Gasteiger partial charge in [0.25, 0.3) is 5.69 Å². The second kappa shape index (κ2) is 8.17. The van der Waals surface area contributed by atoms with Crippen molar-refractivity contribution in [3.8, 4) is 0 Å². The van der Waals surface area contributed by atoms with Gasteiger partial charge in [0.05, 0.1) is 28.2 Å². The van der Waals surface area contributed by atoms with Crippen LogP contribution < -0.4 is 5.43 Å². The molecule has 3 rings (SSSR count). The van der Waals surface area contributed by atoms with Crippen molar-refractivity contribution in [2.45, 2.75) is 39.3 Å². The predicted octanol–water partition coefficient (Wildman–Crippen LogP) is 3.55. The van der Waals surface area contributed by atoms with Gasteiger partial charge >= 0.3 is 5.69 Å². The van der Waals surface area contributed by atoms with E-state index >= 15 is 0 Å². The molecule has 1 atom stereocenters. The average Bonchev–Trinajstić information content (AvgIpc) is 3.26. The molecule has 1 aromatic heterocycles. The lowest BCUT2D eigenvalue weighted by atomic mass is 10.2. The molecule has 1 fully saturated rings. The molecular weight excluding hydrogens is 366 g/mol. The maximum Gasteiger partial charge on any atom is 0.301 e. The van der Waals surface area contributed by atoms with E-state index in [0.717, 1.165) is 49.0 Å². The highest BCUT2D eigenvalue weighted by molar-refractivity contribution is 5.82. The smallest absolute Gasteiger partial charge is 0.301 e. The zero-order valence-corrected chi connectivity index (χ0v) is 15.6. The highest BCUT2D eigenvalue weighted by Gasteiger charge is 2.20. The number of nitrogens with one attached hydrogen (secondary N) is 1. The van der Waals surface area contributed by atoms with Gasteiger partial charge in [-0.2, -0.15) is 5.10 Å². The first-order valence-electron chi connectivity index (χ1n) is 8.87. The molecule has 2 aromatic rings. The standard InChI is InChI=1S/C18H21N5O5/c1-12-8-14(13(2)21(12)11-16-4-3-7-28-16)10-19-20-17-6-5-15(22(24)25)9-18(17)23(26)27/h5-6,8-10,16,20H,3-4,7,11H2,1-2H3/b19-10-/t16-/m0/s1. The third kappa shape index (κ3) is 4.17. The van der Waals surface area contributed by atoms with E-state index in [4.69, 9.17) is 4.74 Å².